The fourth-order valence-corrected chi connectivity index (χ4v) is 3.06. The molecule has 1 aromatic carbocycles. The van der Waals surface area contributed by atoms with Gasteiger partial charge in [0.2, 0.25) is 11.8 Å². The molecule has 1 aliphatic rings. The maximum absolute atomic E-state index is 12.0. The van der Waals surface area contributed by atoms with Crippen molar-refractivity contribution >= 4 is 17.5 Å². The molecule has 23 heavy (non-hydrogen) atoms. The van der Waals surface area contributed by atoms with E-state index < -0.39 is 0 Å². The van der Waals surface area contributed by atoms with Crippen molar-refractivity contribution in [2.24, 2.45) is 5.92 Å². The maximum Gasteiger partial charge on any atom is 0.243 e. The van der Waals surface area contributed by atoms with E-state index in [-0.39, 0.29) is 18.4 Å². The molecule has 1 saturated heterocycles. The number of carbonyl (C=O) groups is 2. The van der Waals surface area contributed by atoms with E-state index in [1.807, 2.05) is 32.0 Å². The molecule has 2 rings (SSSR count). The van der Waals surface area contributed by atoms with Crippen molar-refractivity contribution in [3.05, 3.63) is 29.3 Å². The van der Waals surface area contributed by atoms with Crippen LogP contribution in [0, 0.1) is 19.8 Å². The molecule has 0 saturated carbocycles. The van der Waals surface area contributed by atoms with Gasteiger partial charge < -0.3 is 10.6 Å². The average Bonchev–Trinajstić information content (AvgIpc) is 2.49. The van der Waals surface area contributed by atoms with Crippen LogP contribution < -0.4 is 10.6 Å². The highest BCUT2D eigenvalue weighted by Gasteiger charge is 2.18. The Morgan fingerprint density at radius 3 is 2.57 bits per heavy atom. The second-order valence-corrected chi connectivity index (χ2v) is 6.57. The second-order valence-electron chi connectivity index (χ2n) is 6.57. The van der Waals surface area contributed by atoms with E-state index in [4.69, 9.17) is 0 Å². The highest BCUT2D eigenvalue weighted by atomic mass is 16.2. The van der Waals surface area contributed by atoms with Crippen LogP contribution in [0.3, 0.4) is 0 Å². The summed E-state index contributed by atoms with van der Waals surface area (Å²) in [5.74, 6) is 0.363. The summed E-state index contributed by atoms with van der Waals surface area (Å²) < 4.78 is 0. The molecule has 1 aliphatic heterocycles. The van der Waals surface area contributed by atoms with Crippen molar-refractivity contribution in [2.75, 3.05) is 31.5 Å². The minimum absolute atomic E-state index is 0.00992. The molecule has 2 amide bonds. The molecule has 1 heterocycles. The van der Waals surface area contributed by atoms with Crippen LogP contribution in [-0.2, 0) is 9.59 Å². The Balaban J connectivity index is 1.76. The first-order chi connectivity index (χ1) is 11.0. The van der Waals surface area contributed by atoms with E-state index in [1.165, 1.54) is 6.42 Å². The molecular weight excluding hydrogens is 290 g/mol. The van der Waals surface area contributed by atoms with Gasteiger partial charge in [-0.25, -0.2) is 0 Å². The van der Waals surface area contributed by atoms with Crippen LogP contribution >= 0.6 is 0 Å². The van der Waals surface area contributed by atoms with Gasteiger partial charge in [0.25, 0.3) is 0 Å². The highest BCUT2D eigenvalue weighted by molar-refractivity contribution is 5.95. The van der Waals surface area contributed by atoms with Crippen molar-refractivity contribution in [1.29, 1.82) is 0 Å². The Labute approximate surface area is 138 Å². The first-order valence-electron chi connectivity index (χ1n) is 8.31. The van der Waals surface area contributed by atoms with E-state index in [0.29, 0.717) is 12.5 Å². The van der Waals surface area contributed by atoms with Gasteiger partial charge in [0.15, 0.2) is 0 Å². The SMILES string of the molecule is Cc1cccc(C)c1NC(=O)CNC(=O)CN1CCCC(C)C1. The summed E-state index contributed by atoms with van der Waals surface area (Å²) in [4.78, 5) is 26.2. The Kier molecular flexibility index (Phi) is 6.16. The van der Waals surface area contributed by atoms with Gasteiger partial charge in [-0.3, -0.25) is 14.5 Å². The summed E-state index contributed by atoms with van der Waals surface area (Å²) in [6.45, 7) is 8.44. The van der Waals surface area contributed by atoms with Crippen molar-refractivity contribution < 1.29 is 9.59 Å². The molecule has 0 radical (unpaired) electrons. The van der Waals surface area contributed by atoms with Crippen molar-refractivity contribution in [3.63, 3.8) is 0 Å². The third-order valence-electron chi connectivity index (χ3n) is 4.30. The van der Waals surface area contributed by atoms with Gasteiger partial charge in [0.1, 0.15) is 0 Å². The summed E-state index contributed by atoms with van der Waals surface area (Å²) in [5, 5.41) is 5.59. The predicted molar refractivity (Wildman–Crippen MR) is 92.4 cm³/mol. The zero-order valence-corrected chi connectivity index (χ0v) is 14.3. The Morgan fingerprint density at radius 2 is 1.91 bits per heavy atom. The third-order valence-corrected chi connectivity index (χ3v) is 4.30. The van der Waals surface area contributed by atoms with Crippen LogP contribution in [0.25, 0.3) is 0 Å². The van der Waals surface area contributed by atoms with Gasteiger partial charge >= 0.3 is 0 Å². The Morgan fingerprint density at radius 1 is 1.22 bits per heavy atom. The molecule has 126 valence electrons. The van der Waals surface area contributed by atoms with Gasteiger partial charge in [0.05, 0.1) is 13.1 Å². The zero-order chi connectivity index (χ0) is 16.8. The lowest BCUT2D eigenvalue weighted by Gasteiger charge is -2.30. The molecule has 1 aromatic rings. The van der Waals surface area contributed by atoms with E-state index in [2.05, 4.69) is 22.5 Å². The number of rotatable bonds is 5. The van der Waals surface area contributed by atoms with Crippen LogP contribution in [0.5, 0.6) is 0 Å². The van der Waals surface area contributed by atoms with Crippen LogP contribution in [-0.4, -0.2) is 42.9 Å². The van der Waals surface area contributed by atoms with E-state index >= 15 is 0 Å². The number of aryl methyl sites for hydroxylation is 2. The lowest BCUT2D eigenvalue weighted by molar-refractivity contribution is -0.125. The predicted octanol–water partition coefficient (Wildman–Crippen LogP) is 2.09. The second kappa shape index (κ2) is 8.11. The molecule has 1 fully saturated rings. The van der Waals surface area contributed by atoms with Crippen LogP contribution in [0.1, 0.15) is 30.9 Å². The fraction of sp³-hybridized carbons (Fsp3) is 0.556. The summed E-state index contributed by atoms with van der Waals surface area (Å²) in [7, 11) is 0. The number of nitrogens with zero attached hydrogens (tertiary/aromatic N) is 1. The monoisotopic (exact) mass is 317 g/mol. The average molecular weight is 317 g/mol. The molecule has 0 spiro atoms. The van der Waals surface area contributed by atoms with E-state index in [9.17, 15) is 9.59 Å². The van der Waals surface area contributed by atoms with E-state index in [0.717, 1.165) is 36.3 Å². The number of hydrogen-bond acceptors (Lipinski definition) is 3. The number of hydrogen-bond donors (Lipinski definition) is 2. The number of amides is 2. The largest absolute Gasteiger partial charge is 0.346 e. The van der Waals surface area contributed by atoms with Crippen LogP contribution in [0.15, 0.2) is 18.2 Å². The highest BCUT2D eigenvalue weighted by Crippen LogP contribution is 2.19. The number of nitrogens with one attached hydrogen (secondary N) is 2. The van der Waals surface area contributed by atoms with Gasteiger partial charge in [0, 0.05) is 12.2 Å². The number of carbonyl (C=O) groups excluding carboxylic acids is 2. The number of likely N-dealkylation sites (tertiary alicyclic amines) is 1. The zero-order valence-electron chi connectivity index (χ0n) is 14.3. The molecule has 5 nitrogen and oxygen atoms in total. The van der Waals surface area contributed by atoms with Gasteiger partial charge in [-0.05, 0) is 50.3 Å². The number of anilines is 1. The summed E-state index contributed by atoms with van der Waals surface area (Å²) in [5.41, 5.74) is 2.87. The molecule has 0 bridgehead atoms. The lowest BCUT2D eigenvalue weighted by atomic mass is 10.0. The molecule has 1 atom stereocenters. The first-order valence-corrected chi connectivity index (χ1v) is 8.31. The molecule has 1 unspecified atom stereocenters. The van der Waals surface area contributed by atoms with Crippen molar-refractivity contribution in [3.8, 4) is 0 Å². The molecular formula is C18H27N3O2. The van der Waals surface area contributed by atoms with Gasteiger partial charge in [-0.15, -0.1) is 0 Å². The number of piperidine rings is 1. The Bertz CT molecular complexity index is 551. The third kappa shape index (κ3) is 5.36. The minimum atomic E-state index is -0.192. The summed E-state index contributed by atoms with van der Waals surface area (Å²) >= 11 is 0. The van der Waals surface area contributed by atoms with E-state index in [1.54, 1.807) is 0 Å². The fourth-order valence-electron chi connectivity index (χ4n) is 3.06. The molecule has 0 aliphatic carbocycles. The number of benzene rings is 1. The van der Waals surface area contributed by atoms with Crippen LogP contribution in [0.2, 0.25) is 0 Å². The number of para-hydroxylation sites is 1. The minimum Gasteiger partial charge on any atom is -0.346 e. The maximum atomic E-state index is 12.0. The van der Waals surface area contributed by atoms with Gasteiger partial charge in [-0.2, -0.15) is 0 Å². The summed E-state index contributed by atoms with van der Waals surface area (Å²) in [6.07, 6.45) is 2.37. The standard InChI is InChI=1S/C18H27N3O2/c1-13-6-5-9-21(11-13)12-17(23)19-10-16(22)20-18-14(2)7-4-8-15(18)3/h4,7-8,13H,5-6,9-12H2,1-3H3,(H,19,23)(H,20,22). The summed E-state index contributed by atoms with van der Waals surface area (Å²) in [6, 6.07) is 5.87. The Hall–Kier alpha value is -1.88. The van der Waals surface area contributed by atoms with Crippen molar-refractivity contribution in [1.82, 2.24) is 10.2 Å². The first kappa shape index (κ1) is 17.5. The van der Waals surface area contributed by atoms with Gasteiger partial charge in [-0.1, -0.05) is 25.1 Å². The molecule has 2 N–H and O–H groups in total. The topological polar surface area (TPSA) is 61.4 Å². The lowest BCUT2D eigenvalue weighted by Crippen LogP contribution is -2.43. The molecule has 5 heteroatoms. The van der Waals surface area contributed by atoms with Crippen LogP contribution in [0.4, 0.5) is 5.69 Å². The smallest absolute Gasteiger partial charge is 0.243 e. The van der Waals surface area contributed by atoms with Crippen molar-refractivity contribution in [2.45, 2.75) is 33.6 Å². The normalized spacial score (nSPS) is 18.5. The quantitative estimate of drug-likeness (QED) is 0.874. The molecule has 0 aromatic heterocycles.